The Kier molecular flexibility index (Phi) is 7.10. The first-order valence-corrected chi connectivity index (χ1v) is 11.5. The first kappa shape index (κ1) is 21.8. The van der Waals surface area contributed by atoms with Crippen LogP contribution in [-0.2, 0) is 21.2 Å². The quantitative estimate of drug-likeness (QED) is 0.735. The van der Waals surface area contributed by atoms with E-state index in [0.717, 1.165) is 36.1 Å². The van der Waals surface area contributed by atoms with E-state index in [-0.39, 0.29) is 17.2 Å². The van der Waals surface area contributed by atoms with Crippen molar-refractivity contribution < 1.29 is 17.9 Å². The Hall–Kier alpha value is -2.87. The van der Waals surface area contributed by atoms with Gasteiger partial charge in [0.2, 0.25) is 5.91 Å². The molecular formula is C22H27N3O4S. The number of rotatable bonds is 6. The minimum absolute atomic E-state index is 0.0873. The normalized spacial score (nSPS) is 14.4. The maximum Gasteiger partial charge on any atom is 0.262 e. The van der Waals surface area contributed by atoms with Gasteiger partial charge in [-0.2, -0.15) is 0 Å². The fourth-order valence-corrected chi connectivity index (χ4v) is 4.41. The lowest BCUT2D eigenvalue weighted by Crippen LogP contribution is -2.30. The van der Waals surface area contributed by atoms with Crippen molar-refractivity contribution in [1.29, 1.82) is 0 Å². The van der Waals surface area contributed by atoms with E-state index in [1.165, 1.54) is 12.1 Å². The van der Waals surface area contributed by atoms with Crippen LogP contribution in [0.2, 0.25) is 0 Å². The van der Waals surface area contributed by atoms with Gasteiger partial charge in [0.05, 0.1) is 18.4 Å². The van der Waals surface area contributed by atoms with Gasteiger partial charge in [0.15, 0.2) is 0 Å². The Labute approximate surface area is 177 Å². The molecule has 2 N–H and O–H groups in total. The molecule has 0 saturated carbocycles. The molecule has 0 radical (unpaired) electrons. The standard InChI is InChI=1S/C22H27N3O4S/c1-16-10-11-17(13-20(16)29-2)14-22(26)24-18-7-6-8-19(15-18)30(27,28)25-21-9-4-3-5-12-23-21/h6-8,10-11,13,15H,3-5,9,12,14H2,1-2H3,(H,23,25)(H,24,26). The van der Waals surface area contributed by atoms with Gasteiger partial charge in [0.25, 0.3) is 10.0 Å². The summed E-state index contributed by atoms with van der Waals surface area (Å²) in [6, 6.07) is 11.8. The van der Waals surface area contributed by atoms with Gasteiger partial charge in [-0.3, -0.25) is 14.5 Å². The molecule has 8 heteroatoms. The number of amides is 1. The molecule has 0 spiro atoms. The van der Waals surface area contributed by atoms with Crippen LogP contribution in [0.1, 0.15) is 36.8 Å². The zero-order chi connectivity index (χ0) is 21.6. The summed E-state index contributed by atoms with van der Waals surface area (Å²) in [7, 11) is -2.17. The van der Waals surface area contributed by atoms with Crippen LogP contribution in [-0.4, -0.2) is 33.8 Å². The molecule has 7 nitrogen and oxygen atoms in total. The Balaban J connectivity index is 1.68. The molecule has 0 unspecified atom stereocenters. The predicted octanol–water partition coefficient (Wildman–Crippen LogP) is 3.44. The van der Waals surface area contributed by atoms with Gasteiger partial charge in [-0.15, -0.1) is 0 Å². The van der Waals surface area contributed by atoms with Crippen molar-refractivity contribution in [3.63, 3.8) is 0 Å². The van der Waals surface area contributed by atoms with E-state index in [4.69, 9.17) is 4.74 Å². The molecule has 0 fully saturated rings. The molecule has 2 aromatic carbocycles. The summed E-state index contributed by atoms with van der Waals surface area (Å²) >= 11 is 0. The number of anilines is 1. The van der Waals surface area contributed by atoms with Crippen LogP contribution < -0.4 is 14.8 Å². The van der Waals surface area contributed by atoms with Crippen molar-refractivity contribution >= 4 is 27.5 Å². The lowest BCUT2D eigenvalue weighted by Gasteiger charge is -2.12. The number of nitrogens with one attached hydrogen (secondary N) is 2. The highest BCUT2D eigenvalue weighted by atomic mass is 32.2. The van der Waals surface area contributed by atoms with Gasteiger partial charge in [0.1, 0.15) is 11.6 Å². The number of amidine groups is 1. The maximum absolute atomic E-state index is 12.7. The third-order valence-corrected chi connectivity index (χ3v) is 6.27. The summed E-state index contributed by atoms with van der Waals surface area (Å²) in [5.41, 5.74) is 2.22. The van der Waals surface area contributed by atoms with Crippen molar-refractivity contribution in [3.8, 4) is 5.75 Å². The number of aliphatic imine (C=N–C) groups is 1. The Morgan fingerprint density at radius 1 is 1.13 bits per heavy atom. The highest BCUT2D eigenvalue weighted by Crippen LogP contribution is 2.20. The third kappa shape index (κ3) is 5.82. The number of hydrogen-bond donors (Lipinski definition) is 2. The van der Waals surface area contributed by atoms with Gasteiger partial charge in [-0.25, -0.2) is 8.42 Å². The third-order valence-electron chi connectivity index (χ3n) is 4.89. The lowest BCUT2D eigenvalue weighted by atomic mass is 10.1. The average Bonchev–Trinajstić information content (AvgIpc) is 2.97. The average molecular weight is 430 g/mol. The molecule has 1 heterocycles. The topological polar surface area (TPSA) is 96.9 Å². The first-order valence-electron chi connectivity index (χ1n) is 9.97. The number of aryl methyl sites for hydroxylation is 1. The summed E-state index contributed by atoms with van der Waals surface area (Å²) in [6.07, 6.45) is 3.71. The predicted molar refractivity (Wildman–Crippen MR) is 118 cm³/mol. The number of ether oxygens (including phenoxy) is 1. The van der Waals surface area contributed by atoms with Crippen molar-refractivity contribution in [1.82, 2.24) is 4.72 Å². The number of methoxy groups -OCH3 is 1. The summed E-state index contributed by atoms with van der Waals surface area (Å²) in [6.45, 7) is 2.57. The molecule has 0 aromatic heterocycles. The van der Waals surface area contributed by atoms with E-state index in [1.54, 1.807) is 19.2 Å². The molecule has 1 amide bonds. The van der Waals surface area contributed by atoms with E-state index in [0.29, 0.717) is 24.5 Å². The van der Waals surface area contributed by atoms with E-state index in [2.05, 4.69) is 15.0 Å². The number of carbonyl (C=O) groups is 1. The number of benzene rings is 2. The summed E-state index contributed by atoms with van der Waals surface area (Å²) < 4.78 is 33.3. The molecule has 0 atom stereocenters. The van der Waals surface area contributed by atoms with Crippen LogP contribution in [0.4, 0.5) is 5.69 Å². The fraction of sp³-hybridized carbons (Fsp3) is 0.364. The molecule has 160 valence electrons. The molecule has 0 aliphatic carbocycles. The second-order valence-electron chi connectivity index (χ2n) is 7.30. The van der Waals surface area contributed by atoms with Gasteiger partial charge < -0.3 is 10.1 Å². The maximum atomic E-state index is 12.7. The van der Waals surface area contributed by atoms with Crippen LogP contribution in [0.15, 0.2) is 52.4 Å². The minimum atomic E-state index is -3.76. The number of hydrogen-bond acceptors (Lipinski definition) is 5. The molecule has 3 rings (SSSR count). The second kappa shape index (κ2) is 9.75. The van der Waals surface area contributed by atoms with Gasteiger partial charge in [-0.1, -0.05) is 24.6 Å². The van der Waals surface area contributed by atoms with Crippen LogP contribution in [0.25, 0.3) is 0 Å². The molecule has 0 bridgehead atoms. The summed E-state index contributed by atoms with van der Waals surface area (Å²) in [5.74, 6) is 0.979. The Morgan fingerprint density at radius 3 is 2.77 bits per heavy atom. The summed E-state index contributed by atoms with van der Waals surface area (Å²) in [4.78, 5) is 16.9. The van der Waals surface area contributed by atoms with Crippen LogP contribution in [0, 0.1) is 6.92 Å². The van der Waals surface area contributed by atoms with Gasteiger partial charge >= 0.3 is 0 Å². The van der Waals surface area contributed by atoms with Crippen LogP contribution in [0.3, 0.4) is 0 Å². The zero-order valence-electron chi connectivity index (χ0n) is 17.3. The highest BCUT2D eigenvalue weighted by molar-refractivity contribution is 7.90. The lowest BCUT2D eigenvalue weighted by molar-refractivity contribution is -0.115. The van der Waals surface area contributed by atoms with E-state index >= 15 is 0 Å². The fourth-order valence-electron chi connectivity index (χ4n) is 3.28. The number of nitrogens with zero attached hydrogens (tertiary/aromatic N) is 1. The van der Waals surface area contributed by atoms with Gasteiger partial charge in [-0.05, 0) is 55.2 Å². The molecule has 0 saturated heterocycles. The summed E-state index contributed by atoms with van der Waals surface area (Å²) in [5, 5.41) is 2.77. The van der Waals surface area contributed by atoms with E-state index < -0.39 is 10.0 Å². The van der Waals surface area contributed by atoms with E-state index in [1.807, 2.05) is 25.1 Å². The van der Waals surface area contributed by atoms with Crippen molar-refractivity contribution in [2.45, 2.75) is 43.9 Å². The SMILES string of the molecule is COc1cc(CC(=O)Nc2cccc(S(=O)(=O)NC3=NCCCCC3)c2)ccc1C. The number of carbonyl (C=O) groups excluding carboxylic acids is 1. The smallest absolute Gasteiger partial charge is 0.262 e. The molecule has 30 heavy (non-hydrogen) atoms. The van der Waals surface area contributed by atoms with Gasteiger partial charge in [0, 0.05) is 18.7 Å². The van der Waals surface area contributed by atoms with Crippen LogP contribution in [0.5, 0.6) is 5.75 Å². The van der Waals surface area contributed by atoms with Crippen LogP contribution >= 0.6 is 0 Å². The Morgan fingerprint density at radius 2 is 1.97 bits per heavy atom. The van der Waals surface area contributed by atoms with Crippen molar-refractivity contribution in [2.75, 3.05) is 19.0 Å². The minimum Gasteiger partial charge on any atom is -0.496 e. The van der Waals surface area contributed by atoms with E-state index in [9.17, 15) is 13.2 Å². The molecule has 2 aromatic rings. The Bertz CT molecular complexity index is 1050. The molecule has 1 aliphatic rings. The first-order chi connectivity index (χ1) is 14.4. The van der Waals surface area contributed by atoms with Crippen molar-refractivity contribution in [2.24, 2.45) is 4.99 Å². The van der Waals surface area contributed by atoms with Crippen molar-refractivity contribution in [3.05, 3.63) is 53.6 Å². The highest BCUT2D eigenvalue weighted by Gasteiger charge is 2.18. The zero-order valence-corrected chi connectivity index (χ0v) is 18.1. The second-order valence-corrected chi connectivity index (χ2v) is 8.98. The molecule has 1 aliphatic heterocycles. The molecular weight excluding hydrogens is 402 g/mol. The monoisotopic (exact) mass is 429 g/mol. The largest absolute Gasteiger partial charge is 0.496 e. The number of sulfonamides is 1.